The van der Waals surface area contributed by atoms with Gasteiger partial charge in [0.1, 0.15) is 16.9 Å². The van der Waals surface area contributed by atoms with Crippen LogP contribution in [0.4, 0.5) is 13.2 Å². The Morgan fingerprint density at radius 1 is 1.00 bits per heavy atom. The molecule has 1 heterocycles. The minimum Gasteiger partial charge on any atom is -0.456 e. The smallest absolute Gasteiger partial charge is 0.456 e. The number of halogens is 3. The summed E-state index contributed by atoms with van der Waals surface area (Å²) in [7, 11) is -5.80. The van der Waals surface area contributed by atoms with Gasteiger partial charge < -0.3 is 8.60 Å². The van der Waals surface area contributed by atoms with Gasteiger partial charge in [0.15, 0.2) is 0 Å². The van der Waals surface area contributed by atoms with Crippen molar-refractivity contribution >= 4 is 32.1 Å². The van der Waals surface area contributed by atoms with Crippen molar-refractivity contribution in [1.82, 2.24) is 0 Å². The molecule has 0 N–H and O–H groups in total. The molecule has 0 aliphatic carbocycles. The Morgan fingerprint density at radius 2 is 1.58 bits per heavy atom. The Morgan fingerprint density at radius 3 is 2.21 bits per heavy atom. The van der Waals surface area contributed by atoms with Crippen molar-refractivity contribution in [3.63, 3.8) is 0 Å². The highest BCUT2D eigenvalue weighted by molar-refractivity contribution is 7.88. The maximum Gasteiger partial charge on any atom is 0.534 e. The van der Waals surface area contributed by atoms with Gasteiger partial charge >= 0.3 is 15.6 Å². The highest BCUT2D eigenvalue weighted by atomic mass is 32.2. The molecule has 3 aromatic rings. The average molecular weight is 358 g/mol. The van der Waals surface area contributed by atoms with Crippen LogP contribution in [0.3, 0.4) is 0 Å². The van der Waals surface area contributed by atoms with Crippen molar-refractivity contribution in [2.75, 3.05) is 0 Å². The molecule has 0 aliphatic heterocycles. The van der Waals surface area contributed by atoms with Gasteiger partial charge in [-0.3, -0.25) is 4.79 Å². The Kier molecular flexibility index (Phi) is 3.56. The van der Waals surface area contributed by atoms with Gasteiger partial charge in [0.2, 0.25) is 5.43 Å². The molecule has 0 bridgehead atoms. The number of hydrogen-bond acceptors (Lipinski definition) is 5. The molecule has 0 unspecified atom stereocenters. The predicted molar refractivity (Wildman–Crippen MR) is 80.3 cm³/mol. The normalized spacial score (nSPS) is 12.7. The van der Waals surface area contributed by atoms with Crippen molar-refractivity contribution in [2.24, 2.45) is 0 Å². The second-order valence-corrected chi connectivity index (χ2v) is 6.61. The maximum atomic E-state index is 12.4. The standard InChI is InChI=1S/C15H9F3O5S/c1-8-2-4-10-12(6-8)22-13-7-9(3-5-11(13)14(10)19)23-24(20,21)15(16,17)18/h2-7H,1H3. The summed E-state index contributed by atoms with van der Waals surface area (Å²) in [6.07, 6.45) is 0. The highest BCUT2D eigenvalue weighted by Crippen LogP contribution is 2.29. The molecule has 3 rings (SSSR count). The van der Waals surface area contributed by atoms with Gasteiger partial charge in [0.05, 0.1) is 10.8 Å². The van der Waals surface area contributed by atoms with Crippen molar-refractivity contribution in [1.29, 1.82) is 0 Å². The van der Waals surface area contributed by atoms with Gasteiger partial charge in [-0.25, -0.2) is 0 Å². The average Bonchev–Trinajstić information content (AvgIpc) is 2.45. The number of fused-ring (bicyclic) bond motifs is 2. The summed E-state index contributed by atoms with van der Waals surface area (Å²) >= 11 is 0. The van der Waals surface area contributed by atoms with Crippen LogP contribution in [0, 0.1) is 6.92 Å². The lowest BCUT2D eigenvalue weighted by Gasteiger charge is -2.10. The second kappa shape index (κ2) is 5.23. The van der Waals surface area contributed by atoms with E-state index >= 15 is 0 Å². The third kappa shape index (κ3) is 2.71. The zero-order valence-electron chi connectivity index (χ0n) is 12.0. The monoisotopic (exact) mass is 358 g/mol. The van der Waals surface area contributed by atoms with E-state index in [1.165, 1.54) is 0 Å². The van der Waals surface area contributed by atoms with E-state index in [2.05, 4.69) is 4.18 Å². The van der Waals surface area contributed by atoms with Crippen LogP contribution in [0.2, 0.25) is 0 Å². The Hall–Kier alpha value is -2.55. The van der Waals surface area contributed by atoms with Crippen LogP contribution in [0.1, 0.15) is 5.56 Å². The van der Waals surface area contributed by atoms with Crippen molar-refractivity contribution in [2.45, 2.75) is 12.4 Å². The first-order valence-electron chi connectivity index (χ1n) is 6.56. The lowest BCUT2D eigenvalue weighted by atomic mass is 10.1. The summed E-state index contributed by atoms with van der Waals surface area (Å²) in [5, 5.41) is 0.410. The van der Waals surface area contributed by atoms with E-state index in [0.717, 1.165) is 23.8 Å². The molecule has 0 spiro atoms. The molecular formula is C15H9F3O5S. The molecule has 0 radical (unpaired) electrons. The Labute approximate surface area is 133 Å². The molecule has 0 atom stereocenters. The molecule has 0 fully saturated rings. The van der Waals surface area contributed by atoms with E-state index in [4.69, 9.17) is 4.42 Å². The van der Waals surface area contributed by atoms with E-state index in [9.17, 15) is 26.4 Å². The fourth-order valence-corrected chi connectivity index (χ4v) is 2.62. The molecule has 0 amide bonds. The summed E-state index contributed by atoms with van der Waals surface area (Å²) in [6.45, 7) is 1.78. The summed E-state index contributed by atoms with van der Waals surface area (Å²) in [5.41, 5.74) is -4.95. The van der Waals surface area contributed by atoms with E-state index in [1.807, 2.05) is 0 Å². The molecule has 126 valence electrons. The van der Waals surface area contributed by atoms with Crippen LogP contribution in [-0.4, -0.2) is 13.9 Å². The lowest BCUT2D eigenvalue weighted by molar-refractivity contribution is -0.0500. The number of hydrogen-bond donors (Lipinski definition) is 0. The fourth-order valence-electron chi connectivity index (χ4n) is 2.17. The fraction of sp³-hybridized carbons (Fsp3) is 0.133. The van der Waals surface area contributed by atoms with Crippen molar-refractivity contribution in [3.8, 4) is 5.75 Å². The Balaban J connectivity index is 2.18. The van der Waals surface area contributed by atoms with Crippen molar-refractivity contribution < 1.29 is 30.2 Å². The van der Waals surface area contributed by atoms with Crippen LogP contribution in [-0.2, 0) is 10.1 Å². The predicted octanol–water partition coefficient (Wildman–Crippen LogP) is 3.48. The molecule has 1 aromatic heterocycles. The van der Waals surface area contributed by atoms with Gasteiger partial charge in [0.25, 0.3) is 0 Å². The minimum absolute atomic E-state index is 0.0759. The molecular weight excluding hydrogens is 349 g/mol. The molecule has 5 nitrogen and oxygen atoms in total. The van der Waals surface area contributed by atoms with Gasteiger partial charge in [0, 0.05) is 6.07 Å². The summed E-state index contributed by atoms with van der Waals surface area (Å²) < 4.78 is 68.7. The van der Waals surface area contributed by atoms with Gasteiger partial charge in [-0.1, -0.05) is 6.07 Å². The number of rotatable bonds is 2. The van der Waals surface area contributed by atoms with Crippen LogP contribution in [0.5, 0.6) is 5.75 Å². The number of benzene rings is 2. The molecule has 24 heavy (non-hydrogen) atoms. The van der Waals surface area contributed by atoms with Crippen LogP contribution >= 0.6 is 0 Å². The first kappa shape index (κ1) is 16.3. The first-order valence-corrected chi connectivity index (χ1v) is 7.97. The van der Waals surface area contributed by atoms with E-state index in [0.29, 0.717) is 5.39 Å². The van der Waals surface area contributed by atoms with Gasteiger partial charge in [-0.05, 0) is 36.8 Å². The van der Waals surface area contributed by atoms with E-state index in [-0.39, 0.29) is 22.0 Å². The topological polar surface area (TPSA) is 73.6 Å². The van der Waals surface area contributed by atoms with Gasteiger partial charge in [-0.2, -0.15) is 21.6 Å². The largest absolute Gasteiger partial charge is 0.534 e. The zero-order chi connectivity index (χ0) is 17.7. The highest BCUT2D eigenvalue weighted by Gasteiger charge is 2.48. The molecule has 2 aromatic carbocycles. The zero-order valence-corrected chi connectivity index (χ0v) is 12.9. The van der Waals surface area contributed by atoms with Crippen LogP contribution in [0.25, 0.3) is 21.9 Å². The molecule has 9 heteroatoms. The molecule has 0 aliphatic rings. The third-order valence-electron chi connectivity index (χ3n) is 3.29. The second-order valence-electron chi connectivity index (χ2n) is 5.07. The van der Waals surface area contributed by atoms with E-state index in [1.54, 1.807) is 25.1 Å². The maximum absolute atomic E-state index is 12.4. The molecule has 0 saturated heterocycles. The SMILES string of the molecule is Cc1ccc2c(=O)c3ccc(OS(=O)(=O)C(F)(F)F)cc3oc2c1. The lowest BCUT2D eigenvalue weighted by Crippen LogP contribution is -2.28. The van der Waals surface area contributed by atoms with Gasteiger partial charge in [-0.15, -0.1) is 0 Å². The summed E-state index contributed by atoms with van der Waals surface area (Å²) in [4.78, 5) is 12.4. The Bertz CT molecular complexity index is 1110. The van der Waals surface area contributed by atoms with Crippen molar-refractivity contribution in [3.05, 3.63) is 52.2 Å². The quantitative estimate of drug-likeness (QED) is 0.398. The summed E-state index contributed by atoms with van der Waals surface area (Å²) in [6, 6.07) is 7.94. The van der Waals surface area contributed by atoms with Crippen LogP contribution in [0.15, 0.2) is 45.6 Å². The van der Waals surface area contributed by atoms with E-state index < -0.39 is 21.4 Å². The number of aryl methyl sites for hydroxylation is 1. The van der Waals surface area contributed by atoms with Crippen LogP contribution < -0.4 is 9.61 Å². The third-order valence-corrected chi connectivity index (χ3v) is 4.27. The summed E-state index contributed by atoms with van der Waals surface area (Å²) in [5.74, 6) is -0.602. The number of alkyl halides is 3. The minimum atomic E-state index is -5.80. The molecule has 0 saturated carbocycles. The first-order chi connectivity index (χ1) is 11.1.